The number of nitrogens with one attached hydrogen (secondary N) is 1. The Labute approximate surface area is 127 Å². The van der Waals surface area contributed by atoms with Gasteiger partial charge in [-0.05, 0) is 44.2 Å². The third-order valence-electron chi connectivity index (χ3n) is 4.43. The summed E-state index contributed by atoms with van der Waals surface area (Å²) in [5.74, 6) is 1.22. The van der Waals surface area contributed by atoms with Crippen LogP contribution in [-0.4, -0.2) is 34.9 Å². The molecule has 2 heterocycles. The maximum Gasteiger partial charge on any atom is 0.254 e. The molecule has 116 valence electrons. The maximum absolute atomic E-state index is 12.9. The number of aromatic nitrogens is 1. The lowest BCUT2D eigenvalue weighted by atomic mass is 10.1. The fraction of sp³-hybridized carbons (Fsp3) is 0.647. The van der Waals surface area contributed by atoms with Gasteiger partial charge < -0.3 is 10.2 Å². The number of carbonyl (C=O) groups excluding carboxylic acids is 1. The van der Waals surface area contributed by atoms with Gasteiger partial charge in [0.2, 0.25) is 0 Å². The number of carbonyl (C=O) groups is 1. The van der Waals surface area contributed by atoms with Gasteiger partial charge in [0, 0.05) is 30.4 Å². The smallest absolute Gasteiger partial charge is 0.254 e. The van der Waals surface area contributed by atoms with Gasteiger partial charge in [0.15, 0.2) is 0 Å². The van der Waals surface area contributed by atoms with E-state index in [1.807, 2.05) is 19.2 Å². The molecule has 1 fully saturated rings. The van der Waals surface area contributed by atoms with Crippen molar-refractivity contribution < 1.29 is 4.79 Å². The van der Waals surface area contributed by atoms with Gasteiger partial charge in [0.1, 0.15) is 5.82 Å². The second kappa shape index (κ2) is 6.46. The molecule has 21 heavy (non-hydrogen) atoms. The van der Waals surface area contributed by atoms with Crippen LogP contribution >= 0.6 is 0 Å². The quantitative estimate of drug-likeness (QED) is 0.920. The van der Waals surface area contributed by atoms with E-state index in [9.17, 15) is 4.79 Å². The maximum atomic E-state index is 12.9. The molecule has 1 N–H and O–H groups in total. The van der Waals surface area contributed by atoms with Gasteiger partial charge in [-0.25, -0.2) is 4.98 Å². The second-order valence-corrected chi connectivity index (χ2v) is 6.27. The summed E-state index contributed by atoms with van der Waals surface area (Å²) in [6.45, 7) is 8.51. The predicted molar refractivity (Wildman–Crippen MR) is 86.8 cm³/mol. The normalized spacial score (nSPS) is 21.9. The summed E-state index contributed by atoms with van der Waals surface area (Å²) in [7, 11) is 1.84. The molecule has 0 aromatic carbocycles. The number of likely N-dealkylation sites (tertiary alicyclic amines) is 1. The first-order valence-corrected chi connectivity index (χ1v) is 8.00. The highest BCUT2D eigenvalue weighted by Crippen LogP contribution is 2.29. The Morgan fingerprint density at radius 2 is 2.14 bits per heavy atom. The number of pyridine rings is 1. The Morgan fingerprint density at radius 3 is 2.71 bits per heavy atom. The SMILES string of the molecule is CCC1CCC(C)N1C(=O)c1cc(NC)nc(C(C)C)c1. The van der Waals surface area contributed by atoms with E-state index in [-0.39, 0.29) is 5.91 Å². The highest BCUT2D eigenvalue weighted by molar-refractivity contribution is 5.95. The van der Waals surface area contributed by atoms with Crippen LogP contribution in [0.4, 0.5) is 5.82 Å². The Kier molecular flexibility index (Phi) is 4.86. The third kappa shape index (κ3) is 3.20. The molecule has 4 heteroatoms. The first kappa shape index (κ1) is 15.8. The number of nitrogens with zero attached hydrogens (tertiary/aromatic N) is 2. The fourth-order valence-corrected chi connectivity index (χ4v) is 3.09. The van der Waals surface area contributed by atoms with Gasteiger partial charge >= 0.3 is 0 Å². The van der Waals surface area contributed by atoms with Crippen molar-refractivity contribution in [1.82, 2.24) is 9.88 Å². The Balaban J connectivity index is 2.36. The molecule has 1 aliphatic rings. The van der Waals surface area contributed by atoms with Crippen molar-refractivity contribution in [1.29, 1.82) is 0 Å². The van der Waals surface area contributed by atoms with Gasteiger partial charge in [0.05, 0.1) is 0 Å². The van der Waals surface area contributed by atoms with Crippen molar-refractivity contribution in [2.24, 2.45) is 0 Å². The molecular weight excluding hydrogens is 262 g/mol. The monoisotopic (exact) mass is 289 g/mol. The molecule has 2 atom stereocenters. The van der Waals surface area contributed by atoms with E-state index < -0.39 is 0 Å². The lowest BCUT2D eigenvalue weighted by Crippen LogP contribution is -2.39. The molecular formula is C17H27N3O. The molecule has 1 saturated heterocycles. The van der Waals surface area contributed by atoms with Gasteiger partial charge in [-0.3, -0.25) is 4.79 Å². The molecule has 0 radical (unpaired) electrons. The summed E-state index contributed by atoms with van der Waals surface area (Å²) in [5, 5.41) is 3.06. The van der Waals surface area contributed by atoms with Crippen LogP contribution < -0.4 is 5.32 Å². The topological polar surface area (TPSA) is 45.2 Å². The number of hydrogen-bond donors (Lipinski definition) is 1. The molecule has 1 aliphatic heterocycles. The molecule has 2 unspecified atom stereocenters. The van der Waals surface area contributed by atoms with Crippen LogP contribution in [-0.2, 0) is 0 Å². The van der Waals surface area contributed by atoms with E-state index in [2.05, 4.69) is 42.9 Å². The number of anilines is 1. The van der Waals surface area contributed by atoms with Crippen LogP contribution in [0.5, 0.6) is 0 Å². The summed E-state index contributed by atoms with van der Waals surface area (Å²) in [6.07, 6.45) is 3.24. The Morgan fingerprint density at radius 1 is 1.43 bits per heavy atom. The summed E-state index contributed by atoms with van der Waals surface area (Å²) in [6, 6.07) is 4.52. The lowest BCUT2D eigenvalue weighted by Gasteiger charge is -2.28. The van der Waals surface area contributed by atoms with Gasteiger partial charge in [-0.15, -0.1) is 0 Å². The van der Waals surface area contributed by atoms with E-state index in [0.29, 0.717) is 18.0 Å². The Bertz CT molecular complexity index is 513. The lowest BCUT2D eigenvalue weighted by molar-refractivity contribution is 0.0676. The zero-order chi connectivity index (χ0) is 15.6. The highest BCUT2D eigenvalue weighted by atomic mass is 16.2. The largest absolute Gasteiger partial charge is 0.373 e. The summed E-state index contributed by atoms with van der Waals surface area (Å²) >= 11 is 0. The van der Waals surface area contributed by atoms with Crippen LogP contribution in [0.1, 0.15) is 68.9 Å². The van der Waals surface area contributed by atoms with Crippen molar-refractivity contribution in [3.63, 3.8) is 0 Å². The predicted octanol–water partition coefficient (Wildman–Crippen LogP) is 3.65. The summed E-state index contributed by atoms with van der Waals surface area (Å²) < 4.78 is 0. The minimum atomic E-state index is 0.146. The first-order chi connectivity index (χ1) is 9.97. The standard InChI is InChI=1S/C17H27N3O/c1-6-14-8-7-12(4)20(14)17(21)13-9-15(11(2)3)19-16(10-13)18-5/h9-12,14H,6-8H2,1-5H3,(H,18,19). The highest BCUT2D eigenvalue weighted by Gasteiger charge is 2.33. The van der Waals surface area contributed by atoms with Crippen LogP contribution in [0.3, 0.4) is 0 Å². The average molecular weight is 289 g/mol. The van der Waals surface area contributed by atoms with E-state index in [0.717, 1.165) is 36.3 Å². The molecule has 1 amide bonds. The molecule has 4 nitrogen and oxygen atoms in total. The molecule has 0 saturated carbocycles. The zero-order valence-electron chi connectivity index (χ0n) is 13.8. The minimum absolute atomic E-state index is 0.146. The van der Waals surface area contributed by atoms with Crippen molar-refractivity contribution in [3.8, 4) is 0 Å². The van der Waals surface area contributed by atoms with Gasteiger partial charge in [0.25, 0.3) is 5.91 Å². The molecule has 0 bridgehead atoms. The van der Waals surface area contributed by atoms with Crippen LogP contribution in [0.15, 0.2) is 12.1 Å². The van der Waals surface area contributed by atoms with Crippen molar-refractivity contribution in [3.05, 3.63) is 23.4 Å². The van der Waals surface area contributed by atoms with Gasteiger partial charge in [-0.2, -0.15) is 0 Å². The van der Waals surface area contributed by atoms with Gasteiger partial charge in [-0.1, -0.05) is 20.8 Å². The molecule has 0 spiro atoms. The van der Waals surface area contributed by atoms with Crippen molar-refractivity contribution in [2.75, 3.05) is 12.4 Å². The molecule has 2 rings (SSSR count). The average Bonchev–Trinajstić information content (AvgIpc) is 2.86. The summed E-state index contributed by atoms with van der Waals surface area (Å²) in [5.41, 5.74) is 1.72. The van der Waals surface area contributed by atoms with Crippen LogP contribution in [0, 0.1) is 0 Å². The van der Waals surface area contributed by atoms with E-state index in [1.54, 1.807) is 0 Å². The van der Waals surface area contributed by atoms with Crippen molar-refractivity contribution >= 4 is 11.7 Å². The fourth-order valence-electron chi connectivity index (χ4n) is 3.09. The zero-order valence-corrected chi connectivity index (χ0v) is 13.8. The molecule has 0 aliphatic carbocycles. The number of amides is 1. The second-order valence-electron chi connectivity index (χ2n) is 6.27. The van der Waals surface area contributed by atoms with Crippen LogP contribution in [0.2, 0.25) is 0 Å². The third-order valence-corrected chi connectivity index (χ3v) is 4.43. The first-order valence-electron chi connectivity index (χ1n) is 8.00. The van der Waals surface area contributed by atoms with E-state index in [1.165, 1.54) is 0 Å². The Hall–Kier alpha value is -1.58. The van der Waals surface area contributed by atoms with Crippen molar-refractivity contribution in [2.45, 2.75) is 65.0 Å². The molecule has 1 aromatic heterocycles. The van der Waals surface area contributed by atoms with E-state index in [4.69, 9.17) is 0 Å². The van der Waals surface area contributed by atoms with E-state index >= 15 is 0 Å². The molecule has 1 aromatic rings. The van der Waals surface area contributed by atoms with Crippen LogP contribution in [0.25, 0.3) is 0 Å². The number of rotatable bonds is 4. The minimum Gasteiger partial charge on any atom is -0.373 e. The summed E-state index contributed by atoms with van der Waals surface area (Å²) in [4.78, 5) is 19.5. The number of hydrogen-bond acceptors (Lipinski definition) is 3.